The highest BCUT2D eigenvalue weighted by Crippen LogP contribution is 2.26. The molecular weight excluding hydrogens is 288 g/mol. The van der Waals surface area contributed by atoms with E-state index in [0.29, 0.717) is 33.6 Å². The smallest absolute Gasteiger partial charge is 0.131 e. The lowest BCUT2D eigenvalue weighted by atomic mass is 10.2. The van der Waals surface area contributed by atoms with Gasteiger partial charge in [-0.05, 0) is 24.3 Å². The van der Waals surface area contributed by atoms with Crippen LogP contribution in [0, 0.1) is 5.82 Å². The van der Waals surface area contributed by atoms with Crippen LogP contribution in [-0.4, -0.2) is 7.11 Å². The average Bonchev–Trinajstić information content (AvgIpc) is 2.40. The topological polar surface area (TPSA) is 21.3 Å². The van der Waals surface area contributed by atoms with Crippen molar-refractivity contribution in [1.82, 2.24) is 0 Å². The van der Waals surface area contributed by atoms with Gasteiger partial charge >= 0.3 is 0 Å². The first-order chi connectivity index (χ1) is 9.10. The van der Waals surface area contributed by atoms with Gasteiger partial charge in [-0.3, -0.25) is 0 Å². The van der Waals surface area contributed by atoms with Crippen LogP contribution < -0.4 is 10.1 Å². The highest BCUT2D eigenvalue weighted by Gasteiger charge is 2.06. The average molecular weight is 300 g/mol. The monoisotopic (exact) mass is 299 g/mol. The lowest BCUT2D eigenvalue weighted by Crippen LogP contribution is -2.02. The summed E-state index contributed by atoms with van der Waals surface area (Å²) < 4.78 is 18.7. The van der Waals surface area contributed by atoms with Crippen molar-refractivity contribution < 1.29 is 9.13 Å². The molecule has 2 nitrogen and oxygen atoms in total. The number of halogens is 3. The molecule has 0 atom stereocenters. The minimum atomic E-state index is -0.329. The molecule has 2 aromatic rings. The van der Waals surface area contributed by atoms with E-state index in [-0.39, 0.29) is 5.82 Å². The number of benzene rings is 2. The summed E-state index contributed by atoms with van der Waals surface area (Å²) in [5, 5.41) is 4.16. The molecule has 0 aliphatic carbocycles. The Balaban J connectivity index is 2.12. The van der Waals surface area contributed by atoms with Crippen LogP contribution in [0.5, 0.6) is 5.75 Å². The van der Waals surface area contributed by atoms with Crippen LogP contribution in [0.25, 0.3) is 0 Å². The molecule has 0 heterocycles. The Morgan fingerprint density at radius 3 is 2.63 bits per heavy atom. The summed E-state index contributed by atoms with van der Waals surface area (Å²) in [7, 11) is 1.50. The molecule has 0 spiro atoms. The van der Waals surface area contributed by atoms with Gasteiger partial charge < -0.3 is 10.1 Å². The van der Waals surface area contributed by atoms with E-state index < -0.39 is 0 Å². The van der Waals surface area contributed by atoms with Gasteiger partial charge in [0.05, 0.1) is 17.8 Å². The molecule has 2 aromatic carbocycles. The van der Waals surface area contributed by atoms with Crippen molar-refractivity contribution in [1.29, 1.82) is 0 Å². The molecular formula is C14H12Cl2FNO. The van der Waals surface area contributed by atoms with E-state index in [0.717, 1.165) is 0 Å². The molecule has 0 aliphatic heterocycles. The second kappa shape index (κ2) is 6.13. The third-order valence-electron chi connectivity index (χ3n) is 2.66. The molecule has 19 heavy (non-hydrogen) atoms. The number of ether oxygens (including phenoxy) is 1. The van der Waals surface area contributed by atoms with Crippen molar-refractivity contribution in [2.75, 3.05) is 12.4 Å². The van der Waals surface area contributed by atoms with E-state index in [1.807, 2.05) is 0 Å². The second-order valence-corrected chi connectivity index (χ2v) is 4.78. The van der Waals surface area contributed by atoms with Gasteiger partial charge in [0.15, 0.2) is 0 Å². The highest BCUT2D eigenvalue weighted by atomic mass is 35.5. The largest absolute Gasteiger partial charge is 0.497 e. The van der Waals surface area contributed by atoms with Crippen molar-refractivity contribution >= 4 is 28.9 Å². The van der Waals surface area contributed by atoms with Gasteiger partial charge in [-0.2, -0.15) is 0 Å². The number of anilines is 1. The summed E-state index contributed by atoms with van der Waals surface area (Å²) in [6, 6.07) is 9.81. The Hall–Kier alpha value is -1.45. The van der Waals surface area contributed by atoms with E-state index >= 15 is 0 Å². The van der Waals surface area contributed by atoms with E-state index in [1.54, 1.807) is 30.3 Å². The van der Waals surface area contributed by atoms with Crippen molar-refractivity contribution in [3.05, 3.63) is 57.8 Å². The second-order valence-electron chi connectivity index (χ2n) is 3.94. The van der Waals surface area contributed by atoms with Gasteiger partial charge in [0.25, 0.3) is 0 Å². The zero-order valence-corrected chi connectivity index (χ0v) is 11.7. The molecule has 2 rings (SSSR count). The summed E-state index contributed by atoms with van der Waals surface area (Å²) in [6.45, 7) is 0.315. The maximum atomic E-state index is 13.7. The number of rotatable bonds is 4. The van der Waals surface area contributed by atoms with Crippen LogP contribution in [0.1, 0.15) is 5.56 Å². The summed E-state index contributed by atoms with van der Waals surface area (Å²) in [4.78, 5) is 0. The quantitative estimate of drug-likeness (QED) is 0.879. The maximum Gasteiger partial charge on any atom is 0.131 e. The lowest BCUT2D eigenvalue weighted by molar-refractivity contribution is 0.411. The van der Waals surface area contributed by atoms with Gasteiger partial charge in [-0.15, -0.1) is 0 Å². The Morgan fingerprint density at radius 2 is 1.95 bits per heavy atom. The summed E-state index contributed by atoms with van der Waals surface area (Å²) >= 11 is 11.9. The third-order valence-corrected chi connectivity index (χ3v) is 3.22. The Bertz CT molecular complexity index is 590. The molecule has 0 radical (unpaired) electrons. The minimum absolute atomic E-state index is 0.315. The van der Waals surface area contributed by atoms with E-state index in [2.05, 4.69) is 5.32 Å². The van der Waals surface area contributed by atoms with Crippen LogP contribution in [0.2, 0.25) is 10.0 Å². The molecule has 0 unspecified atom stereocenters. The number of nitrogens with one attached hydrogen (secondary N) is 1. The van der Waals surface area contributed by atoms with Crippen LogP contribution in [-0.2, 0) is 6.54 Å². The predicted octanol–water partition coefficient (Wildman–Crippen LogP) is 4.75. The first kappa shape index (κ1) is 14.0. The van der Waals surface area contributed by atoms with Crippen molar-refractivity contribution in [3.63, 3.8) is 0 Å². The minimum Gasteiger partial charge on any atom is -0.497 e. The van der Waals surface area contributed by atoms with E-state index in [4.69, 9.17) is 27.9 Å². The van der Waals surface area contributed by atoms with Crippen LogP contribution >= 0.6 is 23.2 Å². The molecule has 0 saturated heterocycles. The van der Waals surface area contributed by atoms with Crippen LogP contribution in [0.15, 0.2) is 36.4 Å². The first-order valence-electron chi connectivity index (χ1n) is 5.61. The predicted molar refractivity (Wildman–Crippen MR) is 76.7 cm³/mol. The van der Waals surface area contributed by atoms with Gasteiger partial charge in [0.1, 0.15) is 11.6 Å². The number of hydrogen-bond donors (Lipinski definition) is 1. The highest BCUT2D eigenvalue weighted by molar-refractivity contribution is 6.35. The Labute approximate surface area is 121 Å². The van der Waals surface area contributed by atoms with Gasteiger partial charge in [0, 0.05) is 23.2 Å². The number of hydrogen-bond acceptors (Lipinski definition) is 2. The van der Waals surface area contributed by atoms with Gasteiger partial charge in [0.2, 0.25) is 0 Å². The van der Waals surface area contributed by atoms with Crippen LogP contribution in [0.3, 0.4) is 0 Å². The zero-order valence-electron chi connectivity index (χ0n) is 10.2. The molecule has 1 N–H and O–H groups in total. The fourth-order valence-corrected chi connectivity index (χ4v) is 1.98. The standard InChI is InChI=1S/C14H12Cl2FNO/c1-19-11-4-2-9(13(17)7-11)8-18-14-6-10(15)3-5-12(14)16/h2-7,18H,8H2,1H3. The Morgan fingerprint density at radius 1 is 1.16 bits per heavy atom. The molecule has 5 heteroatoms. The first-order valence-corrected chi connectivity index (χ1v) is 6.37. The van der Waals surface area contributed by atoms with E-state index in [9.17, 15) is 4.39 Å². The normalized spacial score (nSPS) is 10.3. The molecule has 0 amide bonds. The molecule has 0 aliphatic rings. The van der Waals surface area contributed by atoms with Crippen molar-refractivity contribution in [2.45, 2.75) is 6.54 Å². The fraction of sp³-hybridized carbons (Fsp3) is 0.143. The molecule has 0 fully saturated rings. The van der Waals surface area contributed by atoms with Gasteiger partial charge in [-0.25, -0.2) is 4.39 Å². The summed E-state index contributed by atoms with van der Waals surface area (Å²) in [6.07, 6.45) is 0. The SMILES string of the molecule is COc1ccc(CNc2cc(Cl)ccc2Cl)c(F)c1. The van der Waals surface area contributed by atoms with Crippen LogP contribution in [0.4, 0.5) is 10.1 Å². The zero-order chi connectivity index (χ0) is 13.8. The molecule has 0 bridgehead atoms. The lowest BCUT2D eigenvalue weighted by Gasteiger charge is -2.10. The van der Waals surface area contributed by atoms with Crippen molar-refractivity contribution in [2.24, 2.45) is 0 Å². The number of methoxy groups -OCH3 is 1. The molecule has 100 valence electrons. The van der Waals surface area contributed by atoms with E-state index in [1.165, 1.54) is 13.2 Å². The third kappa shape index (κ3) is 3.52. The maximum absolute atomic E-state index is 13.7. The summed E-state index contributed by atoms with van der Waals surface area (Å²) in [5.41, 5.74) is 1.20. The molecule has 0 saturated carbocycles. The summed E-state index contributed by atoms with van der Waals surface area (Å²) in [5.74, 6) is 0.159. The molecule has 0 aromatic heterocycles. The van der Waals surface area contributed by atoms with Gasteiger partial charge in [-0.1, -0.05) is 29.3 Å². The fourth-order valence-electron chi connectivity index (χ4n) is 1.62. The van der Waals surface area contributed by atoms with Crippen molar-refractivity contribution in [3.8, 4) is 5.75 Å². The Kier molecular flexibility index (Phi) is 4.51.